The van der Waals surface area contributed by atoms with Crippen LogP contribution in [0.3, 0.4) is 0 Å². The molecular weight excluding hydrogens is 239 g/mol. The summed E-state index contributed by atoms with van der Waals surface area (Å²) in [7, 11) is 1.96. The maximum atomic E-state index is 13.1. The third-order valence-corrected chi connectivity index (χ3v) is 3.08. The summed E-state index contributed by atoms with van der Waals surface area (Å²) >= 11 is 0. The molecule has 19 heavy (non-hydrogen) atoms. The molecule has 0 unspecified atom stereocenters. The fraction of sp³-hybridized carbons (Fsp3) is 0.250. The lowest BCUT2D eigenvalue weighted by Crippen LogP contribution is -2.24. The van der Waals surface area contributed by atoms with Gasteiger partial charge in [0.05, 0.1) is 0 Å². The number of anilines is 2. The second-order valence-corrected chi connectivity index (χ2v) is 4.69. The van der Waals surface area contributed by atoms with Gasteiger partial charge in [0.2, 0.25) is 0 Å². The van der Waals surface area contributed by atoms with Crippen molar-refractivity contribution in [1.82, 2.24) is 0 Å². The van der Waals surface area contributed by atoms with Crippen LogP contribution in [0.2, 0.25) is 0 Å². The van der Waals surface area contributed by atoms with Crippen molar-refractivity contribution in [2.75, 3.05) is 30.4 Å². The molecule has 0 saturated heterocycles. The van der Waals surface area contributed by atoms with E-state index in [9.17, 15) is 4.39 Å². The maximum Gasteiger partial charge on any atom is 0.125 e. The fourth-order valence-electron chi connectivity index (χ4n) is 1.88. The molecular formula is C16H19FN2. The smallest absolute Gasteiger partial charge is 0.125 e. The van der Waals surface area contributed by atoms with Crippen molar-refractivity contribution in [3.05, 3.63) is 59.9 Å². The zero-order valence-electron chi connectivity index (χ0n) is 11.4. The average molecular weight is 258 g/mol. The quantitative estimate of drug-likeness (QED) is 0.880. The lowest BCUT2D eigenvalue weighted by molar-refractivity contribution is 0.627. The van der Waals surface area contributed by atoms with Crippen molar-refractivity contribution in [3.8, 4) is 0 Å². The highest BCUT2D eigenvalue weighted by atomic mass is 19.1. The van der Waals surface area contributed by atoms with E-state index in [0.29, 0.717) is 0 Å². The van der Waals surface area contributed by atoms with Gasteiger partial charge < -0.3 is 10.2 Å². The first-order chi connectivity index (χ1) is 9.15. The lowest BCUT2D eigenvalue weighted by Gasteiger charge is -2.19. The van der Waals surface area contributed by atoms with E-state index in [1.807, 2.05) is 18.0 Å². The predicted molar refractivity (Wildman–Crippen MR) is 79.3 cm³/mol. The summed E-state index contributed by atoms with van der Waals surface area (Å²) in [6.45, 7) is 3.70. The molecule has 0 aliphatic carbocycles. The molecule has 0 atom stereocenters. The first kappa shape index (κ1) is 13.4. The van der Waals surface area contributed by atoms with E-state index in [-0.39, 0.29) is 5.82 Å². The number of aryl methyl sites for hydroxylation is 1. The van der Waals surface area contributed by atoms with Crippen molar-refractivity contribution < 1.29 is 4.39 Å². The zero-order valence-corrected chi connectivity index (χ0v) is 11.4. The van der Waals surface area contributed by atoms with Gasteiger partial charge in [0.1, 0.15) is 5.82 Å². The number of likely N-dealkylation sites (N-methyl/N-ethyl adjacent to an activating group) is 1. The van der Waals surface area contributed by atoms with Crippen LogP contribution < -0.4 is 10.2 Å². The van der Waals surface area contributed by atoms with Crippen molar-refractivity contribution in [2.45, 2.75) is 6.92 Å². The van der Waals surface area contributed by atoms with E-state index in [1.54, 1.807) is 12.1 Å². The molecule has 3 heteroatoms. The molecule has 0 aromatic heterocycles. The van der Waals surface area contributed by atoms with E-state index in [0.717, 1.165) is 24.5 Å². The van der Waals surface area contributed by atoms with Gasteiger partial charge in [0, 0.05) is 31.5 Å². The molecule has 2 aromatic rings. The second kappa shape index (κ2) is 6.23. The topological polar surface area (TPSA) is 15.3 Å². The molecule has 0 heterocycles. The molecule has 0 fully saturated rings. The standard InChI is InChI=1S/C16H19FN2/c1-13-6-8-15(9-7-13)18-10-11-19(2)16-5-3-4-14(17)12-16/h3-9,12,18H,10-11H2,1-2H3. The van der Waals surface area contributed by atoms with Gasteiger partial charge in [0.25, 0.3) is 0 Å². The van der Waals surface area contributed by atoms with E-state index in [4.69, 9.17) is 0 Å². The first-order valence-electron chi connectivity index (χ1n) is 6.42. The van der Waals surface area contributed by atoms with E-state index in [1.165, 1.54) is 11.6 Å². The number of hydrogen-bond donors (Lipinski definition) is 1. The lowest BCUT2D eigenvalue weighted by atomic mass is 10.2. The molecule has 0 aliphatic heterocycles. The molecule has 100 valence electrons. The minimum absolute atomic E-state index is 0.198. The Balaban J connectivity index is 1.84. The molecule has 0 spiro atoms. The summed E-state index contributed by atoms with van der Waals surface area (Å²) in [5.74, 6) is -0.198. The van der Waals surface area contributed by atoms with Crippen molar-refractivity contribution in [1.29, 1.82) is 0 Å². The maximum absolute atomic E-state index is 13.1. The minimum Gasteiger partial charge on any atom is -0.383 e. The monoisotopic (exact) mass is 258 g/mol. The first-order valence-corrected chi connectivity index (χ1v) is 6.42. The highest BCUT2D eigenvalue weighted by Gasteiger charge is 2.01. The number of hydrogen-bond acceptors (Lipinski definition) is 2. The number of nitrogens with zero attached hydrogens (tertiary/aromatic N) is 1. The summed E-state index contributed by atoms with van der Waals surface area (Å²) in [4.78, 5) is 2.03. The van der Waals surface area contributed by atoms with Gasteiger partial charge >= 0.3 is 0 Å². The predicted octanol–water partition coefficient (Wildman–Crippen LogP) is 3.68. The van der Waals surface area contributed by atoms with Gasteiger partial charge in [-0.2, -0.15) is 0 Å². The van der Waals surface area contributed by atoms with E-state index < -0.39 is 0 Å². The highest BCUT2D eigenvalue weighted by molar-refractivity contribution is 5.47. The van der Waals surface area contributed by atoms with Gasteiger partial charge in [-0.15, -0.1) is 0 Å². The van der Waals surface area contributed by atoms with Crippen molar-refractivity contribution in [2.24, 2.45) is 0 Å². The Kier molecular flexibility index (Phi) is 4.39. The van der Waals surface area contributed by atoms with E-state index >= 15 is 0 Å². The number of rotatable bonds is 5. The van der Waals surface area contributed by atoms with Gasteiger partial charge in [-0.1, -0.05) is 23.8 Å². The average Bonchev–Trinajstić information content (AvgIpc) is 2.41. The molecule has 2 aromatic carbocycles. The van der Waals surface area contributed by atoms with Crippen LogP contribution in [0.4, 0.5) is 15.8 Å². The third-order valence-electron chi connectivity index (χ3n) is 3.08. The Hall–Kier alpha value is -2.03. The SMILES string of the molecule is Cc1ccc(NCCN(C)c2cccc(F)c2)cc1. The number of halogens is 1. The molecule has 1 N–H and O–H groups in total. The Bertz CT molecular complexity index is 523. The largest absolute Gasteiger partial charge is 0.383 e. The van der Waals surface area contributed by atoms with Crippen molar-refractivity contribution in [3.63, 3.8) is 0 Å². The van der Waals surface area contributed by atoms with Gasteiger partial charge in [0.15, 0.2) is 0 Å². The summed E-state index contributed by atoms with van der Waals surface area (Å²) in [6.07, 6.45) is 0. The zero-order chi connectivity index (χ0) is 13.7. The third kappa shape index (κ3) is 3.98. The van der Waals surface area contributed by atoms with Crippen molar-refractivity contribution >= 4 is 11.4 Å². The van der Waals surface area contributed by atoms with Gasteiger partial charge in [-0.3, -0.25) is 0 Å². The normalized spacial score (nSPS) is 10.3. The Labute approximate surface area is 113 Å². The Morgan fingerprint density at radius 2 is 1.84 bits per heavy atom. The van der Waals surface area contributed by atoms with Crippen LogP contribution in [0, 0.1) is 12.7 Å². The second-order valence-electron chi connectivity index (χ2n) is 4.69. The summed E-state index contributed by atoms with van der Waals surface area (Å²) < 4.78 is 13.1. The molecule has 2 nitrogen and oxygen atoms in total. The number of benzene rings is 2. The molecule has 2 rings (SSSR count). The van der Waals surface area contributed by atoms with Gasteiger partial charge in [-0.25, -0.2) is 4.39 Å². The minimum atomic E-state index is -0.198. The molecule has 0 saturated carbocycles. The van der Waals surface area contributed by atoms with Crippen LogP contribution in [0.1, 0.15) is 5.56 Å². The Morgan fingerprint density at radius 3 is 2.53 bits per heavy atom. The molecule has 0 amide bonds. The number of nitrogens with one attached hydrogen (secondary N) is 1. The molecule has 0 aliphatic rings. The van der Waals surface area contributed by atoms with Crippen LogP contribution in [-0.2, 0) is 0 Å². The summed E-state index contributed by atoms with van der Waals surface area (Å²) in [5, 5.41) is 3.35. The molecule has 0 bridgehead atoms. The van der Waals surface area contributed by atoms with Crippen LogP contribution >= 0.6 is 0 Å². The van der Waals surface area contributed by atoms with Crippen LogP contribution in [-0.4, -0.2) is 20.1 Å². The summed E-state index contributed by atoms with van der Waals surface area (Å²) in [6, 6.07) is 14.9. The van der Waals surface area contributed by atoms with Crippen LogP contribution in [0.5, 0.6) is 0 Å². The highest BCUT2D eigenvalue weighted by Crippen LogP contribution is 2.13. The Morgan fingerprint density at radius 1 is 1.11 bits per heavy atom. The van der Waals surface area contributed by atoms with Crippen LogP contribution in [0.25, 0.3) is 0 Å². The molecule has 0 radical (unpaired) electrons. The van der Waals surface area contributed by atoms with E-state index in [2.05, 4.69) is 36.5 Å². The van der Waals surface area contributed by atoms with Gasteiger partial charge in [-0.05, 0) is 37.3 Å². The summed E-state index contributed by atoms with van der Waals surface area (Å²) in [5.41, 5.74) is 3.26. The fourth-order valence-corrected chi connectivity index (χ4v) is 1.88. The van der Waals surface area contributed by atoms with Crippen LogP contribution in [0.15, 0.2) is 48.5 Å².